The van der Waals surface area contributed by atoms with Crippen molar-refractivity contribution in [1.29, 1.82) is 0 Å². The van der Waals surface area contributed by atoms with Crippen molar-refractivity contribution < 1.29 is 4.74 Å². The summed E-state index contributed by atoms with van der Waals surface area (Å²) < 4.78 is 7.72. The largest absolute Gasteiger partial charge is 0.437 e. The Hall–Kier alpha value is -0.620. The molecule has 0 bridgehead atoms. The molecular weight excluding hydrogens is 381 g/mol. The molecule has 0 aliphatic carbocycles. The monoisotopic (exact) mass is 389 g/mol. The molecule has 0 amide bonds. The molecular formula is C12H9BrINO. The van der Waals surface area contributed by atoms with E-state index >= 15 is 0 Å². The van der Waals surface area contributed by atoms with Crippen LogP contribution in [-0.4, -0.2) is 4.98 Å². The lowest BCUT2D eigenvalue weighted by Gasteiger charge is -2.09. The molecule has 4 heteroatoms. The van der Waals surface area contributed by atoms with E-state index in [2.05, 4.69) is 43.5 Å². The molecule has 1 aromatic heterocycles. The van der Waals surface area contributed by atoms with E-state index in [0.29, 0.717) is 5.88 Å². The van der Waals surface area contributed by atoms with Gasteiger partial charge in [0.25, 0.3) is 0 Å². The first kappa shape index (κ1) is 11.9. The van der Waals surface area contributed by atoms with Crippen LogP contribution in [0.25, 0.3) is 0 Å². The Morgan fingerprint density at radius 1 is 1.25 bits per heavy atom. The van der Waals surface area contributed by atoms with Crippen LogP contribution in [0.2, 0.25) is 0 Å². The van der Waals surface area contributed by atoms with Gasteiger partial charge in [-0.05, 0) is 69.2 Å². The molecule has 0 saturated carbocycles. The van der Waals surface area contributed by atoms with Gasteiger partial charge in [-0.25, -0.2) is 4.98 Å². The minimum Gasteiger partial charge on any atom is -0.437 e. The second-order valence-corrected chi connectivity index (χ2v) is 5.23. The number of para-hydroxylation sites is 1. The molecule has 0 unspecified atom stereocenters. The number of benzene rings is 1. The summed E-state index contributed by atoms with van der Waals surface area (Å²) in [5, 5.41) is 0. The van der Waals surface area contributed by atoms with Crippen LogP contribution >= 0.6 is 38.5 Å². The highest BCUT2D eigenvalue weighted by Gasteiger charge is 2.08. The summed E-state index contributed by atoms with van der Waals surface area (Å²) in [4.78, 5) is 4.20. The van der Waals surface area contributed by atoms with Crippen molar-refractivity contribution >= 4 is 38.5 Å². The topological polar surface area (TPSA) is 22.1 Å². The van der Waals surface area contributed by atoms with Crippen molar-refractivity contribution in [3.63, 3.8) is 0 Å². The van der Waals surface area contributed by atoms with Gasteiger partial charge >= 0.3 is 0 Å². The fourth-order valence-electron chi connectivity index (χ4n) is 1.22. The Morgan fingerprint density at radius 2 is 2.00 bits per heavy atom. The average Bonchev–Trinajstić information content (AvgIpc) is 2.28. The minimum absolute atomic E-state index is 0.601. The Balaban J connectivity index is 2.35. The Labute approximate surface area is 116 Å². The summed E-state index contributed by atoms with van der Waals surface area (Å²) in [6.07, 6.45) is 1.74. The molecule has 0 saturated heterocycles. The molecule has 0 radical (unpaired) electrons. The molecule has 2 nitrogen and oxygen atoms in total. The molecule has 0 spiro atoms. The highest BCUT2D eigenvalue weighted by molar-refractivity contribution is 14.1. The van der Waals surface area contributed by atoms with Crippen LogP contribution in [0.4, 0.5) is 0 Å². The van der Waals surface area contributed by atoms with E-state index in [9.17, 15) is 0 Å². The van der Waals surface area contributed by atoms with Gasteiger partial charge < -0.3 is 4.74 Å². The van der Waals surface area contributed by atoms with Crippen molar-refractivity contribution in [3.05, 3.63) is 50.1 Å². The zero-order chi connectivity index (χ0) is 11.5. The molecule has 0 atom stereocenters. The summed E-state index contributed by atoms with van der Waals surface area (Å²) in [5.74, 6) is 1.42. The first-order chi connectivity index (χ1) is 7.68. The maximum Gasteiger partial charge on any atom is 0.233 e. The molecule has 0 aliphatic heterocycles. The standard InChI is InChI=1S/C12H9BrINO/c1-8-6-7-15-12(11(8)13)16-10-5-3-2-4-9(10)14/h2-7H,1H3. The van der Waals surface area contributed by atoms with Crippen LogP contribution in [-0.2, 0) is 0 Å². The average molecular weight is 390 g/mol. The number of halogens is 2. The van der Waals surface area contributed by atoms with Crippen LogP contribution in [0.15, 0.2) is 41.0 Å². The van der Waals surface area contributed by atoms with Gasteiger partial charge in [-0.2, -0.15) is 0 Å². The minimum atomic E-state index is 0.601. The summed E-state index contributed by atoms with van der Waals surface area (Å²) in [5.41, 5.74) is 1.11. The molecule has 1 aromatic carbocycles. The van der Waals surface area contributed by atoms with E-state index in [4.69, 9.17) is 4.74 Å². The number of hydrogen-bond acceptors (Lipinski definition) is 2. The Morgan fingerprint density at radius 3 is 2.75 bits per heavy atom. The lowest BCUT2D eigenvalue weighted by Crippen LogP contribution is -1.92. The Kier molecular flexibility index (Phi) is 3.81. The van der Waals surface area contributed by atoms with Gasteiger partial charge in [0.1, 0.15) is 5.75 Å². The van der Waals surface area contributed by atoms with Crippen molar-refractivity contribution in [2.75, 3.05) is 0 Å². The van der Waals surface area contributed by atoms with Crippen LogP contribution in [0.3, 0.4) is 0 Å². The number of hydrogen-bond donors (Lipinski definition) is 0. The first-order valence-electron chi connectivity index (χ1n) is 4.72. The lowest BCUT2D eigenvalue weighted by atomic mass is 10.3. The third-order valence-corrected chi connectivity index (χ3v) is 3.95. The molecule has 16 heavy (non-hydrogen) atoms. The number of aromatic nitrogens is 1. The smallest absolute Gasteiger partial charge is 0.233 e. The number of nitrogens with zero attached hydrogens (tertiary/aromatic N) is 1. The number of rotatable bonds is 2. The van der Waals surface area contributed by atoms with Crippen LogP contribution < -0.4 is 4.74 Å². The second-order valence-electron chi connectivity index (χ2n) is 3.28. The SMILES string of the molecule is Cc1ccnc(Oc2ccccc2I)c1Br. The molecule has 0 fully saturated rings. The van der Waals surface area contributed by atoms with E-state index < -0.39 is 0 Å². The highest BCUT2D eigenvalue weighted by atomic mass is 127. The number of pyridine rings is 1. The zero-order valence-electron chi connectivity index (χ0n) is 8.58. The summed E-state index contributed by atoms with van der Waals surface area (Å²) >= 11 is 5.71. The normalized spacial score (nSPS) is 10.2. The zero-order valence-corrected chi connectivity index (χ0v) is 12.3. The third kappa shape index (κ3) is 2.55. The predicted molar refractivity (Wildman–Crippen MR) is 75.9 cm³/mol. The van der Waals surface area contributed by atoms with E-state index in [0.717, 1.165) is 19.4 Å². The number of aryl methyl sites for hydroxylation is 1. The Bertz CT molecular complexity index is 516. The van der Waals surface area contributed by atoms with Crippen molar-refractivity contribution in [3.8, 4) is 11.6 Å². The van der Waals surface area contributed by atoms with Crippen LogP contribution in [0, 0.1) is 10.5 Å². The highest BCUT2D eigenvalue weighted by Crippen LogP contribution is 2.31. The number of ether oxygens (including phenoxy) is 1. The molecule has 2 rings (SSSR count). The maximum absolute atomic E-state index is 5.76. The van der Waals surface area contributed by atoms with Gasteiger partial charge in [0.2, 0.25) is 5.88 Å². The summed E-state index contributed by atoms with van der Waals surface area (Å²) in [7, 11) is 0. The van der Waals surface area contributed by atoms with Crippen LogP contribution in [0.1, 0.15) is 5.56 Å². The molecule has 82 valence electrons. The maximum atomic E-state index is 5.76. The lowest BCUT2D eigenvalue weighted by molar-refractivity contribution is 0.456. The van der Waals surface area contributed by atoms with Crippen molar-refractivity contribution in [2.45, 2.75) is 6.92 Å². The summed E-state index contributed by atoms with van der Waals surface area (Å²) in [6, 6.07) is 9.79. The van der Waals surface area contributed by atoms with Gasteiger partial charge in [0.15, 0.2) is 0 Å². The quantitative estimate of drug-likeness (QED) is 0.703. The fourth-order valence-corrected chi connectivity index (χ4v) is 2.03. The van der Waals surface area contributed by atoms with Crippen molar-refractivity contribution in [1.82, 2.24) is 4.98 Å². The van der Waals surface area contributed by atoms with Gasteiger partial charge in [0.05, 0.1) is 8.04 Å². The van der Waals surface area contributed by atoms with Crippen LogP contribution in [0.5, 0.6) is 11.6 Å². The molecule has 1 heterocycles. The van der Waals surface area contributed by atoms with Gasteiger partial charge in [0, 0.05) is 6.20 Å². The second kappa shape index (κ2) is 5.14. The van der Waals surface area contributed by atoms with E-state index in [1.54, 1.807) is 6.20 Å². The van der Waals surface area contributed by atoms with Crippen molar-refractivity contribution in [2.24, 2.45) is 0 Å². The third-order valence-electron chi connectivity index (χ3n) is 2.09. The fraction of sp³-hybridized carbons (Fsp3) is 0.0833. The molecule has 2 aromatic rings. The first-order valence-corrected chi connectivity index (χ1v) is 6.59. The van der Waals surface area contributed by atoms with Gasteiger partial charge in [-0.15, -0.1) is 0 Å². The molecule has 0 aliphatic rings. The van der Waals surface area contributed by atoms with E-state index in [1.807, 2.05) is 37.3 Å². The van der Waals surface area contributed by atoms with Gasteiger partial charge in [-0.1, -0.05) is 12.1 Å². The van der Waals surface area contributed by atoms with Gasteiger partial charge in [-0.3, -0.25) is 0 Å². The summed E-state index contributed by atoms with van der Waals surface area (Å²) in [6.45, 7) is 2.01. The van der Waals surface area contributed by atoms with E-state index in [1.165, 1.54) is 0 Å². The molecule has 0 N–H and O–H groups in total. The van der Waals surface area contributed by atoms with E-state index in [-0.39, 0.29) is 0 Å². The predicted octanol–water partition coefficient (Wildman–Crippen LogP) is 4.55.